The quantitative estimate of drug-likeness (QED) is 0.544. The summed E-state index contributed by atoms with van der Waals surface area (Å²) in [7, 11) is -6.85. The molecule has 0 amide bonds. The molecule has 0 aromatic heterocycles. The van der Waals surface area contributed by atoms with E-state index in [1.807, 2.05) is 0 Å². The van der Waals surface area contributed by atoms with Gasteiger partial charge in [-0.3, -0.25) is 4.18 Å². The van der Waals surface area contributed by atoms with E-state index in [1.54, 1.807) is 0 Å². The topological polar surface area (TPSA) is 63.6 Å². The summed E-state index contributed by atoms with van der Waals surface area (Å²) in [5, 5.41) is 2.66. The van der Waals surface area contributed by atoms with Crippen LogP contribution in [0.1, 0.15) is 25.7 Å². The first kappa shape index (κ1) is 21.5. The number of fused-ring (bicyclic) bond motifs is 2. The van der Waals surface area contributed by atoms with Crippen molar-refractivity contribution < 1.29 is 57.2 Å². The predicted octanol–water partition coefficient (Wildman–Crippen LogP) is 3.31. The molecule has 0 heterocycles. The molecule has 1 N–H and O–H groups in total. The predicted molar refractivity (Wildman–Crippen MR) is 66.1 cm³/mol. The zero-order valence-corrected chi connectivity index (χ0v) is 13.4. The van der Waals surface area contributed by atoms with Crippen LogP contribution in [0.5, 0.6) is 0 Å². The molecule has 2 atom stereocenters. The van der Waals surface area contributed by atoms with Crippen LogP contribution < -0.4 is 0 Å². The molecule has 2 bridgehead atoms. The van der Waals surface area contributed by atoms with Crippen LogP contribution in [0.25, 0.3) is 0 Å². The standard InChI is InChI=1S/C12H13F9O4S/c13-9(14,11(17,18)19)10(15,16)12(20,21)26(23,24)25-8-5-1-2-6(8)4-7(22)3-5/h5-8,22H,1-4H2. The van der Waals surface area contributed by atoms with Gasteiger partial charge in [0.15, 0.2) is 0 Å². The van der Waals surface area contributed by atoms with Gasteiger partial charge < -0.3 is 5.11 Å². The monoisotopic (exact) mass is 424 g/mol. The maximum Gasteiger partial charge on any atom is 0.460 e. The lowest BCUT2D eigenvalue weighted by molar-refractivity contribution is -0.383. The molecule has 2 unspecified atom stereocenters. The summed E-state index contributed by atoms with van der Waals surface area (Å²) >= 11 is 0. The van der Waals surface area contributed by atoms with Gasteiger partial charge in [-0.05, 0) is 37.5 Å². The lowest BCUT2D eigenvalue weighted by Crippen LogP contribution is -2.63. The Bertz CT molecular complexity index is 632. The molecule has 2 aliphatic rings. The van der Waals surface area contributed by atoms with Gasteiger partial charge in [-0.15, -0.1) is 0 Å². The second-order valence-electron chi connectivity index (χ2n) is 6.40. The van der Waals surface area contributed by atoms with E-state index in [9.17, 15) is 53.0 Å². The van der Waals surface area contributed by atoms with Crippen LogP contribution in [-0.2, 0) is 14.3 Å². The molecule has 14 heteroatoms. The van der Waals surface area contributed by atoms with E-state index >= 15 is 0 Å². The van der Waals surface area contributed by atoms with Gasteiger partial charge in [0.25, 0.3) is 0 Å². The van der Waals surface area contributed by atoms with Crippen molar-refractivity contribution in [2.45, 2.75) is 61.2 Å². The summed E-state index contributed by atoms with van der Waals surface area (Å²) in [6.07, 6.45) is -9.44. The van der Waals surface area contributed by atoms with Crippen LogP contribution in [0.4, 0.5) is 39.5 Å². The highest BCUT2D eigenvalue weighted by Gasteiger charge is 2.86. The number of alkyl halides is 9. The summed E-state index contributed by atoms with van der Waals surface area (Å²) in [6, 6.07) is 0. The zero-order chi connectivity index (χ0) is 20.3. The van der Waals surface area contributed by atoms with Gasteiger partial charge in [-0.1, -0.05) is 0 Å². The zero-order valence-electron chi connectivity index (χ0n) is 12.6. The maximum absolute atomic E-state index is 13.6. The van der Waals surface area contributed by atoms with Gasteiger partial charge in [-0.2, -0.15) is 47.9 Å². The minimum atomic E-state index is -7.32. The molecule has 0 aromatic carbocycles. The van der Waals surface area contributed by atoms with Crippen LogP contribution in [-0.4, -0.2) is 49.0 Å². The molecule has 0 aliphatic heterocycles. The molecule has 4 nitrogen and oxygen atoms in total. The molecule has 0 radical (unpaired) electrons. The largest absolute Gasteiger partial charge is 0.460 e. The van der Waals surface area contributed by atoms with Crippen LogP contribution >= 0.6 is 0 Å². The van der Waals surface area contributed by atoms with Crippen LogP contribution in [0.2, 0.25) is 0 Å². The minimum absolute atomic E-state index is 0.0998. The van der Waals surface area contributed by atoms with E-state index in [2.05, 4.69) is 4.18 Å². The Balaban J connectivity index is 2.32. The molecule has 2 fully saturated rings. The molecule has 2 rings (SSSR count). The van der Waals surface area contributed by atoms with Crippen molar-refractivity contribution in [2.75, 3.05) is 0 Å². The fourth-order valence-electron chi connectivity index (χ4n) is 3.32. The summed E-state index contributed by atoms with van der Waals surface area (Å²) in [4.78, 5) is 0. The molecular weight excluding hydrogens is 411 g/mol. The van der Waals surface area contributed by atoms with Crippen molar-refractivity contribution in [3.05, 3.63) is 0 Å². The number of aliphatic hydroxyl groups is 1. The summed E-state index contributed by atoms with van der Waals surface area (Å²) in [5.74, 6) is -16.3. The van der Waals surface area contributed by atoms with E-state index in [4.69, 9.17) is 0 Å². The van der Waals surface area contributed by atoms with E-state index < -0.39 is 57.4 Å². The van der Waals surface area contributed by atoms with Crippen LogP contribution in [0.15, 0.2) is 0 Å². The number of halogens is 9. The number of aliphatic hydroxyl groups excluding tert-OH is 1. The van der Waals surface area contributed by atoms with E-state index in [1.165, 1.54) is 0 Å². The lowest BCUT2D eigenvalue weighted by atomic mass is 9.84. The third-order valence-corrected chi connectivity index (χ3v) is 6.01. The molecular formula is C12H13F9O4S. The molecule has 0 saturated heterocycles. The maximum atomic E-state index is 13.6. The molecule has 0 aromatic rings. The summed E-state index contributed by atoms with van der Waals surface area (Å²) in [5.41, 5.74) is 0. The smallest absolute Gasteiger partial charge is 0.393 e. The second-order valence-corrected chi connectivity index (χ2v) is 8.01. The number of hydrogen-bond acceptors (Lipinski definition) is 4. The summed E-state index contributed by atoms with van der Waals surface area (Å²) in [6.45, 7) is 0. The first-order chi connectivity index (χ1) is 11.5. The minimum Gasteiger partial charge on any atom is -0.393 e. The fourth-order valence-corrected chi connectivity index (χ4v) is 4.49. The Morgan fingerprint density at radius 3 is 1.62 bits per heavy atom. The van der Waals surface area contributed by atoms with Crippen molar-refractivity contribution >= 4 is 10.1 Å². The average Bonchev–Trinajstić information content (AvgIpc) is 2.68. The van der Waals surface area contributed by atoms with Gasteiger partial charge >= 0.3 is 33.4 Å². The van der Waals surface area contributed by atoms with Crippen molar-refractivity contribution in [2.24, 2.45) is 11.8 Å². The van der Waals surface area contributed by atoms with Crippen molar-refractivity contribution in [3.63, 3.8) is 0 Å². The molecule has 154 valence electrons. The Morgan fingerprint density at radius 1 is 0.808 bits per heavy atom. The number of rotatable bonds is 5. The average molecular weight is 424 g/mol. The lowest BCUT2D eigenvalue weighted by Gasteiger charge is -2.36. The van der Waals surface area contributed by atoms with E-state index in [-0.39, 0.29) is 25.7 Å². The van der Waals surface area contributed by atoms with Crippen molar-refractivity contribution in [1.82, 2.24) is 0 Å². The van der Waals surface area contributed by atoms with Gasteiger partial charge in [-0.25, -0.2) is 0 Å². The molecule has 2 aliphatic carbocycles. The van der Waals surface area contributed by atoms with Gasteiger partial charge in [0.05, 0.1) is 12.2 Å². The highest BCUT2D eigenvalue weighted by atomic mass is 32.2. The Morgan fingerprint density at radius 2 is 1.23 bits per heavy atom. The van der Waals surface area contributed by atoms with Gasteiger partial charge in [0.1, 0.15) is 0 Å². The normalized spacial score (nSPS) is 31.3. The molecule has 0 spiro atoms. The summed E-state index contributed by atoms with van der Waals surface area (Å²) < 4.78 is 143. The van der Waals surface area contributed by atoms with Crippen LogP contribution in [0, 0.1) is 11.8 Å². The third-order valence-electron chi connectivity index (χ3n) is 4.65. The van der Waals surface area contributed by atoms with Crippen LogP contribution in [0.3, 0.4) is 0 Å². The first-order valence-corrected chi connectivity index (χ1v) is 8.67. The number of hydrogen-bond donors (Lipinski definition) is 1. The van der Waals surface area contributed by atoms with E-state index in [0.29, 0.717) is 0 Å². The molecule has 2 saturated carbocycles. The first-order valence-electron chi connectivity index (χ1n) is 7.27. The van der Waals surface area contributed by atoms with E-state index in [0.717, 1.165) is 0 Å². The fraction of sp³-hybridized carbons (Fsp3) is 1.00. The SMILES string of the molecule is O=S(=O)(OC1C2CCC1CC(O)C2)C(F)(F)C(F)(F)C(F)(F)C(F)(F)F. The Kier molecular flexibility index (Phi) is 5.07. The molecule has 26 heavy (non-hydrogen) atoms. The van der Waals surface area contributed by atoms with Crippen molar-refractivity contribution in [1.29, 1.82) is 0 Å². The third kappa shape index (κ3) is 3.07. The Hall–Kier alpha value is -0.760. The highest BCUT2D eigenvalue weighted by Crippen LogP contribution is 2.56. The highest BCUT2D eigenvalue weighted by molar-refractivity contribution is 7.87. The van der Waals surface area contributed by atoms with Crippen molar-refractivity contribution in [3.8, 4) is 0 Å². The van der Waals surface area contributed by atoms with Gasteiger partial charge in [0.2, 0.25) is 0 Å². The van der Waals surface area contributed by atoms with Gasteiger partial charge in [0, 0.05) is 0 Å². The Labute approximate surface area is 141 Å². The second kappa shape index (κ2) is 6.12.